The van der Waals surface area contributed by atoms with Gasteiger partial charge in [-0.3, -0.25) is 0 Å². The van der Waals surface area contributed by atoms with Gasteiger partial charge in [-0.15, -0.1) is 0 Å². The lowest BCUT2D eigenvalue weighted by Gasteiger charge is -2.22. The van der Waals surface area contributed by atoms with Gasteiger partial charge in [-0.2, -0.15) is 0 Å². The zero-order valence-electron chi connectivity index (χ0n) is 23.8. The van der Waals surface area contributed by atoms with Crippen molar-refractivity contribution in [1.82, 2.24) is 0 Å². The van der Waals surface area contributed by atoms with Crippen LogP contribution < -0.4 is 10.6 Å². The van der Waals surface area contributed by atoms with Crippen LogP contribution in [0.5, 0.6) is 0 Å². The fourth-order valence-electron chi connectivity index (χ4n) is 5.09. The van der Waals surface area contributed by atoms with Crippen LogP contribution in [-0.4, -0.2) is 57.4 Å². The normalized spacial score (nSPS) is 12.6. The predicted octanol–water partition coefficient (Wildman–Crippen LogP) is 6.89. The largest absolute Gasteiger partial charge is 0.478 e. The summed E-state index contributed by atoms with van der Waals surface area (Å²) in [6.45, 7) is 8.84. The molecular weight excluding hydrogens is 516 g/mol. The Kier molecular flexibility index (Phi) is 12.2. The lowest BCUT2D eigenvalue weighted by Crippen LogP contribution is -2.20. The molecule has 40 heavy (non-hydrogen) atoms. The topological polar surface area (TPSA) is 173 Å². The van der Waals surface area contributed by atoms with Crippen molar-refractivity contribution in [1.29, 1.82) is 0 Å². The summed E-state index contributed by atoms with van der Waals surface area (Å²) in [6.07, 6.45) is 7.32. The Balaban J connectivity index is 2.87. The van der Waals surface area contributed by atoms with Gasteiger partial charge in [-0.1, -0.05) is 66.2 Å². The number of carboxylic acid groups (broad SMARTS) is 4. The van der Waals surface area contributed by atoms with Crippen LogP contribution in [0.25, 0.3) is 10.8 Å². The smallest absolute Gasteiger partial charge is 0.338 e. The number of carbonyl (C=O) groups is 4. The molecule has 0 amide bonds. The molecule has 10 heteroatoms. The molecule has 6 N–H and O–H groups in total. The molecule has 0 aliphatic rings. The zero-order valence-corrected chi connectivity index (χ0v) is 23.8. The monoisotopic (exact) mass is 558 g/mol. The second-order valence-electron chi connectivity index (χ2n) is 10.3. The summed E-state index contributed by atoms with van der Waals surface area (Å²) in [5.41, 5.74) is -2.01. The van der Waals surface area contributed by atoms with Gasteiger partial charge in [0.1, 0.15) is 0 Å². The Morgan fingerprint density at radius 1 is 0.625 bits per heavy atom. The van der Waals surface area contributed by atoms with Gasteiger partial charge < -0.3 is 31.1 Å². The number of unbranched alkanes of at least 4 members (excludes halogenated alkanes) is 2. The van der Waals surface area contributed by atoms with Gasteiger partial charge in [0.25, 0.3) is 0 Å². The number of nitrogens with one attached hydrogen (secondary N) is 2. The summed E-state index contributed by atoms with van der Waals surface area (Å²) in [5.74, 6) is -5.59. The van der Waals surface area contributed by atoms with Gasteiger partial charge >= 0.3 is 23.9 Å². The molecule has 0 saturated heterocycles. The minimum atomic E-state index is -1.49. The lowest BCUT2D eigenvalue weighted by atomic mass is 9.88. The molecular formula is C30H42N2O8. The minimum absolute atomic E-state index is 0.0579. The molecule has 10 nitrogen and oxygen atoms in total. The van der Waals surface area contributed by atoms with Crippen LogP contribution in [0.15, 0.2) is 12.1 Å². The van der Waals surface area contributed by atoms with Crippen LogP contribution in [0.3, 0.4) is 0 Å². The standard InChI is InChI=1S/C30H42N2O8/c1-5-9-11-17(7-3)15-31-21-13-19(27(33)34)24-23(25(21)29(37)38)20(28(35)36)14-22(26(24)30(39)40)32-16-18(8-4)12-10-6-2/h13-14,17-18,31-32H,5-12,15-16H2,1-4H3,(H,33,34)(H,35,36)(H,37,38)(H,39,40). The van der Waals surface area contributed by atoms with Gasteiger partial charge in [-0.25, -0.2) is 19.2 Å². The van der Waals surface area contributed by atoms with Gasteiger partial charge in [0.15, 0.2) is 0 Å². The quantitative estimate of drug-likeness (QED) is 0.113. The van der Waals surface area contributed by atoms with Gasteiger partial charge in [0.2, 0.25) is 0 Å². The van der Waals surface area contributed by atoms with E-state index >= 15 is 0 Å². The highest BCUT2D eigenvalue weighted by Crippen LogP contribution is 2.39. The molecule has 2 atom stereocenters. The minimum Gasteiger partial charge on any atom is -0.478 e. The van der Waals surface area contributed by atoms with E-state index in [4.69, 9.17) is 0 Å². The van der Waals surface area contributed by atoms with Crippen LogP contribution in [0.2, 0.25) is 0 Å². The fraction of sp³-hybridized carbons (Fsp3) is 0.533. The maximum atomic E-state index is 12.6. The molecule has 0 radical (unpaired) electrons. The number of fused-ring (bicyclic) bond motifs is 1. The number of aromatic carboxylic acids is 4. The van der Waals surface area contributed by atoms with Crippen LogP contribution in [0.1, 0.15) is 120 Å². The van der Waals surface area contributed by atoms with Gasteiger partial charge in [-0.05, 0) is 36.8 Å². The maximum Gasteiger partial charge on any atom is 0.338 e. The van der Waals surface area contributed by atoms with E-state index in [9.17, 15) is 39.6 Å². The van der Waals surface area contributed by atoms with E-state index in [0.29, 0.717) is 13.1 Å². The van der Waals surface area contributed by atoms with Crippen molar-refractivity contribution in [2.45, 2.75) is 79.1 Å². The molecule has 0 aliphatic carbocycles. The van der Waals surface area contributed by atoms with Crippen molar-refractivity contribution in [3.8, 4) is 0 Å². The molecule has 2 aromatic rings. The van der Waals surface area contributed by atoms with Crippen molar-refractivity contribution < 1.29 is 39.6 Å². The molecule has 0 heterocycles. The van der Waals surface area contributed by atoms with Crippen LogP contribution in [-0.2, 0) is 0 Å². The lowest BCUT2D eigenvalue weighted by molar-refractivity contribution is 0.0676. The highest BCUT2D eigenvalue weighted by molar-refractivity contribution is 6.25. The summed E-state index contributed by atoms with van der Waals surface area (Å²) < 4.78 is 0. The molecule has 0 aromatic heterocycles. The van der Waals surface area contributed by atoms with E-state index < -0.39 is 56.9 Å². The highest BCUT2D eigenvalue weighted by atomic mass is 16.4. The molecule has 0 aliphatic heterocycles. The molecule has 2 rings (SSSR count). The number of hydrogen-bond acceptors (Lipinski definition) is 6. The highest BCUT2D eigenvalue weighted by Gasteiger charge is 2.31. The Labute approximate surface area is 234 Å². The fourth-order valence-corrected chi connectivity index (χ4v) is 5.09. The average molecular weight is 559 g/mol. The molecule has 0 spiro atoms. The van der Waals surface area contributed by atoms with Crippen LogP contribution in [0, 0.1) is 11.8 Å². The maximum absolute atomic E-state index is 12.6. The van der Waals surface area contributed by atoms with Gasteiger partial charge in [0, 0.05) is 23.9 Å². The second kappa shape index (κ2) is 15.1. The SMILES string of the molecule is CCCCC(CC)CNc1cc(C(=O)O)c2c(C(=O)O)c(NCC(CC)CCCC)cc(C(=O)O)c2c1C(=O)O. The van der Waals surface area contributed by atoms with Crippen molar-refractivity contribution in [2.75, 3.05) is 23.7 Å². The third-order valence-corrected chi connectivity index (χ3v) is 7.54. The molecule has 2 unspecified atom stereocenters. The summed E-state index contributed by atoms with van der Waals surface area (Å²) in [7, 11) is 0. The number of rotatable bonds is 18. The van der Waals surface area contributed by atoms with E-state index in [0.717, 1.165) is 63.5 Å². The van der Waals surface area contributed by atoms with Crippen molar-refractivity contribution in [2.24, 2.45) is 11.8 Å². The van der Waals surface area contributed by atoms with Crippen LogP contribution >= 0.6 is 0 Å². The second-order valence-corrected chi connectivity index (χ2v) is 10.3. The number of hydrogen-bond donors (Lipinski definition) is 6. The first-order valence-electron chi connectivity index (χ1n) is 14.1. The summed E-state index contributed by atoms with van der Waals surface area (Å²) in [4.78, 5) is 50.0. The molecule has 0 fully saturated rings. The van der Waals surface area contributed by atoms with E-state index in [1.54, 1.807) is 0 Å². The molecule has 2 aromatic carbocycles. The first-order valence-corrected chi connectivity index (χ1v) is 14.1. The third-order valence-electron chi connectivity index (χ3n) is 7.54. The van der Waals surface area contributed by atoms with E-state index in [-0.39, 0.29) is 23.2 Å². The number of carboxylic acids is 4. The number of anilines is 2. The zero-order chi connectivity index (χ0) is 30.0. The van der Waals surface area contributed by atoms with Crippen molar-refractivity contribution in [3.63, 3.8) is 0 Å². The van der Waals surface area contributed by atoms with E-state index in [1.165, 1.54) is 0 Å². The summed E-state index contributed by atoms with van der Waals surface area (Å²) >= 11 is 0. The van der Waals surface area contributed by atoms with Crippen LogP contribution in [0.4, 0.5) is 11.4 Å². The Morgan fingerprint density at radius 3 is 1.23 bits per heavy atom. The molecule has 220 valence electrons. The third kappa shape index (κ3) is 7.64. The average Bonchev–Trinajstić information content (AvgIpc) is 2.91. The van der Waals surface area contributed by atoms with E-state index in [1.807, 2.05) is 13.8 Å². The predicted molar refractivity (Wildman–Crippen MR) is 155 cm³/mol. The molecule has 0 bridgehead atoms. The van der Waals surface area contributed by atoms with Crippen molar-refractivity contribution >= 4 is 46.0 Å². The first kappa shape index (κ1) is 32.4. The van der Waals surface area contributed by atoms with Gasteiger partial charge in [0.05, 0.1) is 33.6 Å². The number of benzene rings is 2. The Bertz CT molecular complexity index is 1150. The molecule has 0 saturated carbocycles. The Morgan fingerprint density at radius 2 is 0.975 bits per heavy atom. The van der Waals surface area contributed by atoms with Crippen molar-refractivity contribution in [3.05, 3.63) is 34.4 Å². The summed E-state index contributed by atoms with van der Waals surface area (Å²) in [5, 5.41) is 45.9. The Hall–Kier alpha value is -3.82. The summed E-state index contributed by atoms with van der Waals surface area (Å²) in [6, 6.07) is 2.22. The van der Waals surface area contributed by atoms with E-state index in [2.05, 4.69) is 24.5 Å². The first-order chi connectivity index (χ1) is 19.0.